The number of nitrogens with two attached hydrogens (primary N) is 1. The SMILES string of the molecule is CCI.CCI.Cl.Clc1ccc(CCCBr)cc1.NC12CC(NC(=O)COc3ccc(Cl)cc3)(C1)C2.O=C(COc1ccc(Cl)cc1)NC12CC(CCCNc3ccc(Cl)cc3)(C1)C2.O=C(COc1ccc(Cl)cc1)NC12CC(CCCNc3ccc(Cl)cc3)(C1)C2. The molecule has 9 aliphatic carbocycles. The minimum absolute atomic E-state index is 0. The van der Waals surface area contributed by atoms with Crippen molar-refractivity contribution in [3.8, 4) is 17.2 Å². The van der Waals surface area contributed by atoms with E-state index in [0.29, 0.717) is 43.1 Å². The van der Waals surface area contributed by atoms with Gasteiger partial charge in [-0.1, -0.05) is 157 Å². The van der Waals surface area contributed by atoms with Crippen molar-refractivity contribution in [2.24, 2.45) is 16.6 Å². The number of benzene rings is 6. The maximum atomic E-state index is 12.2. The number of carbonyl (C=O) groups excluding carboxylic acids is 3. The zero-order valence-corrected chi connectivity index (χ0v) is 63.2. The molecule has 92 heavy (non-hydrogen) atoms. The monoisotopic (exact) mass is 1680 g/mol. The largest absolute Gasteiger partial charge is 0.484 e. The van der Waals surface area contributed by atoms with E-state index in [0.717, 1.165) is 122 Å². The number of carbonyl (C=O) groups is 3. The lowest BCUT2D eigenvalue weighted by molar-refractivity contribution is -0.170. The van der Waals surface area contributed by atoms with E-state index in [1.807, 2.05) is 60.7 Å². The second-order valence-electron chi connectivity index (χ2n) is 24.7. The first-order chi connectivity index (χ1) is 43.6. The summed E-state index contributed by atoms with van der Waals surface area (Å²) in [5.74, 6) is 1.76. The van der Waals surface area contributed by atoms with Crippen LogP contribution < -0.4 is 46.5 Å². The summed E-state index contributed by atoms with van der Waals surface area (Å²) >= 11 is 43.0. The molecule has 0 radical (unpaired) electrons. The Balaban J connectivity index is 0.000000197. The summed E-state index contributed by atoms with van der Waals surface area (Å²) in [4.78, 5) is 36.1. The lowest BCUT2D eigenvalue weighted by atomic mass is 9.38. The number of aryl methyl sites for hydroxylation is 1. The molecule has 9 fully saturated rings. The molecule has 0 aromatic heterocycles. The maximum absolute atomic E-state index is 12.2. The van der Waals surface area contributed by atoms with Gasteiger partial charge in [-0.15, -0.1) is 12.4 Å². The quantitative estimate of drug-likeness (QED) is 0.0186. The summed E-state index contributed by atoms with van der Waals surface area (Å²) in [6, 6.07) is 44.6. The molecule has 0 unspecified atom stereocenters. The summed E-state index contributed by atoms with van der Waals surface area (Å²) < 4.78 is 18.9. The minimum atomic E-state index is -0.0910. The molecular formula is C70H84BrCl7I2N6O6. The van der Waals surface area contributed by atoms with Gasteiger partial charge < -0.3 is 46.5 Å². The molecule has 6 aromatic carbocycles. The summed E-state index contributed by atoms with van der Waals surface area (Å²) in [7, 11) is 0. The highest BCUT2D eigenvalue weighted by Crippen LogP contribution is 2.70. The lowest BCUT2D eigenvalue weighted by Gasteiger charge is -2.71. The molecule has 3 amide bonds. The molecule has 500 valence electrons. The predicted octanol–water partition coefficient (Wildman–Crippen LogP) is 19.0. The highest BCUT2D eigenvalue weighted by molar-refractivity contribution is 14.1. The number of alkyl halides is 3. The Morgan fingerprint density at radius 2 is 0.707 bits per heavy atom. The van der Waals surface area contributed by atoms with Crippen molar-refractivity contribution in [2.75, 3.05) is 57.7 Å². The average molecular weight is 1690 g/mol. The van der Waals surface area contributed by atoms with E-state index >= 15 is 0 Å². The Morgan fingerprint density at radius 1 is 0.446 bits per heavy atom. The third-order valence-corrected chi connectivity index (χ3v) is 18.8. The molecule has 22 heteroatoms. The summed E-state index contributed by atoms with van der Waals surface area (Å²) in [6.45, 7) is 6.25. The van der Waals surface area contributed by atoms with Gasteiger partial charge in [0.15, 0.2) is 19.8 Å². The fourth-order valence-electron chi connectivity index (χ4n) is 13.3. The number of halogens is 10. The summed E-state index contributed by atoms with van der Waals surface area (Å²) in [6.07, 6.45) is 16.2. The molecule has 6 bridgehead atoms. The van der Waals surface area contributed by atoms with E-state index in [1.165, 1.54) is 33.7 Å². The van der Waals surface area contributed by atoms with Crippen molar-refractivity contribution in [1.82, 2.24) is 16.0 Å². The Labute approximate surface area is 615 Å². The van der Waals surface area contributed by atoms with Crippen LogP contribution in [0.3, 0.4) is 0 Å². The molecular weight excluding hydrogens is 1600 g/mol. The fourth-order valence-corrected chi connectivity index (χ4v) is 14.3. The molecule has 0 saturated heterocycles. The molecule has 0 spiro atoms. The van der Waals surface area contributed by atoms with Gasteiger partial charge in [0.25, 0.3) is 17.7 Å². The molecule has 9 aliphatic rings. The van der Waals surface area contributed by atoms with Crippen LogP contribution in [0.15, 0.2) is 146 Å². The molecule has 12 nitrogen and oxygen atoms in total. The lowest BCUT2D eigenvalue weighted by Crippen LogP contribution is -2.82. The van der Waals surface area contributed by atoms with Crippen LogP contribution in [0.4, 0.5) is 11.4 Å². The van der Waals surface area contributed by atoms with Gasteiger partial charge in [0, 0.05) is 82.1 Å². The van der Waals surface area contributed by atoms with Gasteiger partial charge in [-0.05, 0) is 255 Å². The van der Waals surface area contributed by atoms with Crippen molar-refractivity contribution in [3.05, 3.63) is 181 Å². The predicted molar refractivity (Wildman–Crippen MR) is 405 cm³/mol. The first-order valence-corrected chi connectivity index (χ1v) is 37.3. The van der Waals surface area contributed by atoms with Crippen LogP contribution in [-0.2, 0) is 20.8 Å². The number of nitrogens with one attached hydrogen (secondary N) is 5. The van der Waals surface area contributed by atoms with Crippen molar-refractivity contribution >= 4 is 172 Å². The van der Waals surface area contributed by atoms with Gasteiger partial charge in [0.2, 0.25) is 0 Å². The molecule has 6 aromatic rings. The molecule has 15 rings (SSSR count). The van der Waals surface area contributed by atoms with E-state index in [1.54, 1.807) is 72.8 Å². The van der Waals surface area contributed by atoms with Crippen LogP contribution in [0, 0.1) is 10.8 Å². The van der Waals surface area contributed by atoms with E-state index in [-0.39, 0.29) is 72.1 Å². The normalized spacial score (nSPS) is 22.9. The zero-order chi connectivity index (χ0) is 65.6. The number of ether oxygens (including phenoxy) is 3. The first kappa shape index (κ1) is 77.7. The number of hydrogen-bond acceptors (Lipinski definition) is 9. The number of anilines is 2. The van der Waals surface area contributed by atoms with Gasteiger partial charge in [0.1, 0.15) is 17.2 Å². The summed E-state index contributed by atoms with van der Waals surface area (Å²) in [5, 5.41) is 21.5. The van der Waals surface area contributed by atoms with Gasteiger partial charge in [-0.25, -0.2) is 0 Å². The smallest absolute Gasteiger partial charge is 0.258 e. The topological polar surface area (TPSA) is 165 Å². The second kappa shape index (κ2) is 37.4. The molecule has 7 N–H and O–H groups in total. The van der Waals surface area contributed by atoms with Gasteiger partial charge in [0.05, 0.1) is 0 Å². The molecule has 0 atom stereocenters. The van der Waals surface area contributed by atoms with Gasteiger partial charge in [-0.3, -0.25) is 14.4 Å². The highest BCUT2D eigenvalue weighted by atomic mass is 127. The van der Waals surface area contributed by atoms with Crippen LogP contribution in [0.1, 0.15) is 109 Å². The maximum Gasteiger partial charge on any atom is 0.258 e. The van der Waals surface area contributed by atoms with Crippen LogP contribution in [0.25, 0.3) is 0 Å². The Morgan fingerprint density at radius 3 is 0.978 bits per heavy atom. The minimum Gasteiger partial charge on any atom is -0.484 e. The van der Waals surface area contributed by atoms with Crippen LogP contribution in [0.2, 0.25) is 30.1 Å². The van der Waals surface area contributed by atoms with Gasteiger partial charge in [-0.2, -0.15) is 0 Å². The Kier molecular flexibility index (Phi) is 31.6. The van der Waals surface area contributed by atoms with E-state index in [4.69, 9.17) is 89.5 Å². The van der Waals surface area contributed by atoms with Crippen molar-refractivity contribution in [3.63, 3.8) is 0 Å². The van der Waals surface area contributed by atoms with Gasteiger partial charge >= 0.3 is 0 Å². The molecule has 9 saturated carbocycles. The molecule has 0 heterocycles. The van der Waals surface area contributed by atoms with E-state index < -0.39 is 0 Å². The summed E-state index contributed by atoms with van der Waals surface area (Å²) in [5.41, 5.74) is 10.4. The Bertz CT molecular complexity index is 3030. The van der Waals surface area contributed by atoms with Crippen LogP contribution >= 0.6 is 143 Å². The third-order valence-electron chi connectivity index (χ3n) is 16.7. The number of rotatable bonds is 25. The van der Waals surface area contributed by atoms with E-state index in [2.05, 4.69) is 114 Å². The van der Waals surface area contributed by atoms with Crippen LogP contribution in [0.5, 0.6) is 17.2 Å². The number of amides is 3. The van der Waals surface area contributed by atoms with Crippen LogP contribution in [-0.4, -0.2) is 87.0 Å². The third kappa shape index (κ3) is 24.6. The highest BCUT2D eigenvalue weighted by Gasteiger charge is 2.69. The average Bonchev–Trinajstić information content (AvgIpc) is 0.706. The first-order valence-electron chi connectivity index (χ1n) is 30.8. The Hall–Kier alpha value is -3.34. The van der Waals surface area contributed by atoms with Crippen molar-refractivity contribution in [2.45, 2.75) is 132 Å². The fraction of sp³-hybridized carbons (Fsp3) is 0.443. The second-order valence-corrected chi connectivity index (χ2v) is 31.2. The standard InChI is InChI=1S/2C22H24Cl2N2O2.C13H15ClN2O2.C9H10BrCl.2C2H5I.ClH/c2*23-16-2-6-18(7-3-16)25-11-1-10-21-13-22(14-21,15-21)26-20(27)12-28-19-8-4-17(24)5-9-19;14-9-1-3-10(4-2-9)18-5-11(17)16-13-6-12(15,7-13)8-13;10-7-1-2-8-3-5-9(11)6-4-8;2*1-2-3;/h2*2-9,25H,1,10-15H2,(H,26,27);1-4H,5-8,15H2,(H,16,17);3-6H,1-2,7H2;2*2H2,1H3;1H. The van der Waals surface area contributed by atoms with Crippen molar-refractivity contribution < 1.29 is 28.6 Å². The molecule has 0 aliphatic heterocycles. The van der Waals surface area contributed by atoms with Crippen molar-refractivity contribution in [1.29, 1.82) is 0 Å². The number of hydrogen-bond donors (Lipinski definition) is 6. The zero-order valence-electron chi connectivity index (χ0n) is 52.0. The van der Waals surface area contributed by atoms with E-state index in [9.17, 15) is 14.4 Å².